The van der Waals surface area contributed by atoms with E-state index in [1.807, 2.05) is 31.6 Å². The molecule has 1 amide bonds. The molecule has 1 unspecified atom stereocenters. The maximum atomic E-state index is 11.4. The second-order valence-corrected chi connectivity index (χ2v) is 4.53. The number of nitrogens with one attached hydrogen (secondary N) is 2. The van der Waals surface area contributed by atoms with Crippen molar-refractivity contribution in [2.24, 2.45) is 7.05 Å². The minimum Gasteiger partial charge on any atom is -0.354 e. The van der Waals surface area contributed by atoms with Crippen LogP contribution in [0.25, 0.3) is 0 Å². The van der Waals surface area contributed by atoms with E-state index >= 15 is 0 Å². The van der Waals surface area contributed by atoms with E-state index in [2.05, 4.69) is 22.7 Å². The Morgan fingerprint density at radius 2 is 2.18 bits per heavy atom. The molecule has 0 radical (unpaired) electrons. The third kappa shape index (κ3) is 4.56. The van der Waals surface area contributed by atoms with E-state index in [9.17, 15) is 4.79 Å². The van der Waals surface area contributed by atoms with Crippen LogP contribution in [0.1, 0.15) is 38.9 Å². The van der Waals surface area contributed by atoms with Gasteiger partial charge in [-0.05, 0) is 26.8 Å². The molecule has 1 atom stereocenters. The number of hydrogen-bond donors (Lipinski definition) is 2. The Balaban J connectivity index is 2.27. The van der Waals surface area contributed by atoms with Gasteiger partial charge in [0.25, 0.3) is 0 Å². The predicted octanol–water partition coefficient (Wildman–Crippen LogP) is 0.985. The van der Waals surface area contributed by atoms with Gasteiger partial charge < -0.3 is 10.6 Å². The van der Waals surface area contributed by atoms with Crippen LogP contribution in [0.5, 0.6) is 0 Å². The fourth-order valence-electron chi connectivity index (χ4n) is 1.71. The summed E-state index contributed by atoms with van der Waals surface area (Å²) in [7, 11) is 1.92. The Bertz CT molecular complexity index is 359. The first-order chi connectivity index (χ1) is 8.00. The first kappa shape index (κ1) is 13.7. The van der Waals surface area contributed by atoms with Crippen molar-refractivity contribution in [2.45, 2.75) is 39.3 Å². The quantitative estimate of drug-likeness (QED) is 0.777. The average molecular weight is 238 g/mol. The van der Waals surface area contributed by atoms with Gasteiger partial charge in [0.2, 0.25) is 5.91 Å². The average Bonchev–Trinajstić information content (AvgIpc) is 2.63. The van der Waals surface area contributed by atoms with Crippen molar-refractivity contribution in [1.29, 1.82) is 0 Å². The summed E-state index contributed by atoms with van der Waals surface area (Å²) < 4.78 is 1.84. The monoisotopic (exact) mass is 238 g/mol. The second-order valence-electron chi connectivity index (χ2n) is 4.53. The van der Waals surface area contributed by atoms with E-state index in [0.717, 1.165) is 5.69 Å². The molecule has 0 aliphatic rings. The van der Waals surface area contributed by atoms with Crippen LogP contribution < -0.4 is 10.6 Å². The van der Waals surface area contributed by atoms with Crippen molar-refractivity contribution in [2.75, 3.05) is 6.54 Å². The van der Waals surface area contributed by atoms with Crippen LogP contribution >= 0.6 is 0 Å². The Morgan fingerprint density at radius 3 is 2.71 bits per heavy atom. The fourth-order valence-corrected chi connectivity index (χ4v) is 1.71. The van der Waals surface area contributed by atoms with Crippen molar-refractivity contribution in [3.8, 4) is 0 Å². The number of amides is 1. The largest absolute Gasteiger partial charge is 0.354 e. The molecule has 0 bridgehead atoms. The zero-order valence-electron chi connectivity index (χ0n) is 11.0. The highest BCUT2D eigenvalue weighted by Crippen LogP contribution is 2.09. The molecule has 2 N–H and O–H groups in total. The lowest BCUT2D eigenvalue weighted by Gasteiger charge is -2.14. The lowest BCUT2D eigenvalue weighted by molar-refractivity contribution is -0.121. The van der Waals surface area contributed by atoms with E-state index in [4.69, 9.17) is 0 Å². The number of carbonyl (C=O) groups is 1. The summed E-state index contributed by atoms with van der Waals surface area (Å²) in [5.74, 6) is 0.0877. The van der Waals surface area contributed by atoms with Crippen molar-refractivity contribution in [1.82, 2.24) is 20.4 Å². The third-order valence-electron chi connectivity index (χ3n) is 2.55. The fraction of sp³-hybridized carbons (Fsp3) is 0.667. The molecule has 5 heteroatoms. The van der Waals surface area contributed by atoms with Crippen molar-refractivity contribution < 1.29 is 4.79 Å². The number of aromatic nitrogens is 2. The van der Waals surface area contributed by atoms with Crippen LogP contribution in [0.3, 0.4) is 0 Å². The third-order valence-corrected chi connectivity index (χ3v) is 2.55. The smallest absolute Gasteiger partial charge is 0.221 e. The molecule has 0 fully saturated rings. The van der Waals surface area contributed by atoms with Crippen LogP contribution in [-0.2, 0) is 11.8 Å². The zero-order chi connectivity index (χ0) is 12.8. The van der Waals surface area contributed by atoms with Gasteiger partial charge in [0.15, 0.2) is 0 Å². The molecule has 0 aliphatic heterocycles. The highest BCUT2D eigenvalue weighted by Gasteiger charge is 2.09. The molecule has 1 aromatic rings. The first-order valence-electron chi connectivity index (χ1n) is 6.01. The lowest BCUT2D eigenvalue weighted by Crippen LogP contribution is -2.33. The molecule has 17 heavy (non-hydrogen) atoms. The normalized spacial score (nSPS) is 12.8. The summed E-state index contributed by atoms with van der Waals surface area (Å²) in [5, 5.41) is 10.3. The molecule has 1 aromatic heterocycles. The Morgan fingerprint density at radius 1 is 1.47 bits per heavy atom. The van der Waals surface area contributed by atoms with Gasteiger partial charge in [-0.15, -0.1) is 0 Å². The van der Waals surface area contributed by atoms with Gasteiger partial charge in [-0.1, -0.05) is 0 Å². The van der Waals surface area contributed by atoms with Gasteiger partial charge in [-0.2, -0.15) is 5.10 Å². The molecule has 0 aliphatic carbocycles. The molecule has 0 saturated carbocycles. The maximum Gasteiger partial charge on any atom is 0.221 e. The molecular formula is C12H22N4O. The van der Waals surface area contributed by atoms with E-state index in [1.54, 1.807) is 6.20 Å². The SMILES string of the molecule is CC(C)NC(=O)CCNC(C)c1ccnn1C. The number of rotatable bonds is 6. The summed E-state index contributed by atoms with van der Waals surface area (Å²) in [4.78, 5) is 11.4. The molecular weight excluding hydrogens is 216 g/mol. The van der Waals surface area contributed by atoms with Crippen LogP contribution in [0.15, 0.2) is 12.3 Å². The number of nitrogens with zero attached hydrogens (tertiary/aromatic N) is 2. The highest BCUT2D eigenvalue weighted by atomic mass is 16.1. The second kappa shape index (κ2) is 6.39. The molecule has 5 nitrogen and oxygen atoms in total. The molecule has 0 aromatic carbocycles. The first-order valence-corrected chi connectivity index (χ1v) is 6.01. The summed E-state index contributed by atoms with van der Waals surface area (Å²) in [6.45, 7) is 6.66. The number of carbonyl (C=O) groups excluding carboxylic acids is 1. The molecule has 0 spiro atoms. The van der Waals surface area contributed by atoms with Crippen LogP contribution in [-0.4, -0.2) is 28.3 Å². The standard InChI is InChI=1S/C12H22N4O/c1-9(2)15-12(17)6-7-13-10(3)11-5-8-14-16(11)4/h5,8-10,13H,6-7H2,1-4H3,(H,15,17). The Hall–Kier alpha value is -1.36. The van der Waals surface area contributed by atoms with Crippen molar-refractivity contribution >= 4 is 5.91 Å². The van der Waals surface area contributed by atoms with Crippen LogP contribution in [0, 0.1) is 0 Å². The van der Waals surface area contributed by atoms with Gasteiger partial charge in [0, 0.05) is 38.3 Å². The van der Waals surface area contributed by atoms with E-state index in [-0.39, 0.29) is 18.0 Å². The Kier molecular flexibility index (Phi) is 5.15. The molecule has 96 valence electrons. The topological polar surface area (TPSA) is 59.0 Å². The number of aryl methyl sites for hydroxylation is 1. The highest BCUT2D eigenvalue weighted by molar-refractivity contribution is 5.76. The molecule has 1 heterocycles. The lowest BCUT2D eigenvalue weighted by atomic mass is 10.2. The van der Waals surface area contributed by atoms with Crippen molar-refractivity contribution in [3.63, 3.8) is 0 Å². The van der Waals surface area contributed by atoms with E-state index < -0.39 is 0 Å². The summed E-state index contributed by atoms with van der Waals surface area (Å²) in [6.07, 6.45) is 2.28. The van der Waals surface area contributed by atoms with Gasteiger partial charge in [0.1, 0.15) is 0 Å². The maximum absolute atomic E-state index is 11.4. The van der Waals surface area contributed by atoms with E-state index in [0.29, 0.717) is 13.0 Å². The number of hydrogen-bond acceptors (Lipinski definition) is 3. The zero-order valence-corrected chi connectivity index (χ0v) is 11.0. The molecule has 0 saturated heterocycles. The van der Waals surface area contributed by atoms with Gasteiger partial charge in [-0.25, -0.2) is 0 Å². The summed E-state index contributed by atoms with van der Waals surface area (Å²) in [5.41, 5.74) is 1.12. The van der Waals surface area contributed by atoms with Gasteiger partial charge in [0.05, 0.1) is 5.69 Å². The molecule has 1 rings (SSSR count). The van der Waals surface area contributed by atoms with E-state index in [1.165, 1.54) is 0 Å². The predicted molar refractivity (Wildman–Crippen MR) is 67.5 cm³/mol. The van der Waals surface area contributed by atoms with Crippen LogP contribution in [0.2, 0.25) is 0 Å². The summed E-state index contributed by atoms with van der Waals surface area (Å²) >= 11 is 0. The Labute approximate surface area is 103 Å². The van der Waals surface area contributed by atoms with Crippen LogP contribution in [0.4, 0.5) is 0 Å². The summed E-state index contributed by atoms with van der Waals surface area (Å²) in [6, 6.07) is 2.39. The van der Waals surface area contributed by atoms with Crippen molar-refractivity contribution in [3.05, 3.63) is 18.0 Å². The minimum atomic E-state index is 0.0877. The van der Waals surface area contributed by atoms with Gasteiger partial charge in [-0.3, -0.25) is 9.48 Å². The minimum absolute atomic E-state index is 0.0877. The van der Waals surface area contributed by atoms with Gasteiger partial charge >= 0.3 is 0 Å².